The van der Waals surface area contributed by atoms with E-state index in [1.54, 1.807) is 24.3 Å². The van der Waals surface area contributed by atoms with E-state index in [0.29, 0.717) is 6.61 Å². The summed E-state index contributed by atoms with van der Waals surface area (Å²) in [5.74, 6) is -1.30. The quantitative estimate of drug-likeness (QED) is 0.859. The first-order chi connectivity index (χ1) is 7.98. The Morgan fingerprint density at radius 2 is 2.00 bits per heavy atom. The van der Waals surface area contributed by atoms with Crippen molar-refractivity contribution in [2.24, 2.45) is 5.92 Å². The predicted molar refractivity (Wildman–Crippen MR) is 65.9 cm³/mol. The minimum absolute atomic E-state index is 0.348. The van der Waals surface area contributed by atoms with E-state index in [4.69, 9.17) is 33.0 Å². The maximum atomic E-state index is 10.9. The highest BCUT2D eigenvalue weighted by Crippen LogP contribution is 2.65. The lowest BCUT2D eigenvalue weighted by atomic mass is 10.1. The smallest absolute Gasteiger partial charge is 0.310 e. The minimum Gasteiger partial charge on any atom is -0.494 e. The molecule has 1 aliphatic carbocycles. The van der Waals surface area contributed by atoms with E-state index >= 15 is 0 Å². The van der Waals surface area contributed by atoms with Crippen LogP contribution in [0.25, 0.3) is 0 Å². The lowest BCUT2D eigenvalue weighted by Gasteiger charge is -2.04. The first-order valence-electron chi connectivity index (χ1n) is 5.32. The Labute approximate surface area is 109 Å². The molecule has 92 valence electrons. The molecule has 0 heterocycles. The molecule has 5 heteroatoms. The molecular formula is C12H12Cl2O3. The standard InChI is InChI=1S/C12H12Cl2O3/c1-2-17-8-5-3-7(4-6-8)9-10(11(15)16)12(9,13)14/h3-6,9-10H,2H2,1H3,(H,15,16)/t9-,10+/m0/s1. The molecule has 0 aromatic heterocycles. The molecule has 0 bridgehead atoms. The van der Waals surface area contributed by atoms with E-state index in [2.05, 4.69) is 0 Å². The Balaban J connectivity index is 2.17. The molecule has 2 atom stereocenters. The minimum atomic E-state index is -1.20. The van der Waals surface area contributed by atoms with Gasteiger partial charge in [0.25, 0.3) is 0 Å². The van der Waals surface area contributed by atoms with E-state index in [1.807, 2.05) is 6.92 Å². The number of carboxylic acids is 1. The zero-order valence-corrected chi connectivity index (χ0v) is 10.7. The second kappa shape index (κ2) is 4.39. The van der Waals surface area contributed by atoms with Crippen molar-refractivity contribution in [3.63, 3.8) is 0 Å². The van der Waals surface area contributed by atoms with Gasteiger partial charge < -0.3 is 9.84 Å². The maximum absolute atomic E-state index is 10.9. The number of aliphatic carboxylic acids is 1. The van der Waals surface area contributed by atoms with Crippen LogP contribution >= 0.6 is 23.2 Å². The maximum Gasteiger partial charge on any atom is 0.310 e. The van der Waals surface area contributed by atoms with E-state index < -0.39 is 16.2 Å². The van der Waals surface area contributed by atoms with Gasteiger partial charge in [0.05, 0.1) is 12.5 Å². The Kier molecular flexibility index (Phi) is 3.23. The Bertz CT molecular complexity index is 428. The van der Waals surface area contributed by atoms with E-state index in [0.717, 1.165) is 11.3 Å². The number of alkyl halides is 2. The third-order valence-corrected chi connectivity index (χ3v) is 3.81. The summed E-state index contributed by atoms with van der Waals surface area (Å²) in [5.41, 5.74) is 0.825. The fraction of sp³-hybridized carbons (Fsp3) is 0.417. The summed E-state index contributed by atoms with van der Waals surface area (Å²) in [6.45, 7) is 2.49. The summed E-state index contributed by atoms with van der Waals surface area (Å²) in [6, 6.07) is 7.19. The highest BCUT2D eigenvalue weighted by Gasteiger charge is 2.68. The van der Waals surface area contributed by atoms with Crippen LogP contribution in [0.4, 0.5) is 0 Å². The highest BCUT2D eigenvalue weighted by atomic mass is 35.5. The Hall–Kier alpha value is -0.930. The van der Waals surface area contributed by atoms with Crippen LogP contribution in [0.3, 0.4) is 0 Å². The van der Waals surface area contributed by atoms with Gasteiger partial charge in [-0.05, 0) is 24.6 Å². The SMILES string of the molecule is CCOc1ccc([C@H]2[C@H](C(=O)O)C2(Cl)Cl)cc1. The van der Waals surface area contributed by atoms with Crippen molar-refractivity contribution in [2.45, 2.75) is 17.2 Å². The van der Waals surface area contributed by atoms with Gasteiger partial charge in [-0.25, -0.2) is 0 Å². The van der Waals surface area contributed by atoms with Crippen LogP contribution in [0.2, 0.25) is 0 Å². The normalized spacial score (nSPS) is 25.4. The van der Waals surface area contributed by atoms with Crippen LogP contribution in [0.5, 0.6) is 5.75 Å². The fourth-order valence-corrected chi connectivity index (χ4v) is 2.80. The molecule has 2 rings (SSSR count). The molecule has 0 aliphatic heterocycles. The van der Waals surface area contributed by atoms with Gasteiger partial charge in [0.1, 0.15) is 10.1 Å². The van der Waals surface area contributed by atoms with Crippen LogP contribution in [0.1, 0.15) is 18.4 Å². The van der Waals surface area contributed by atoms with Crippen molar-refractivity contribution in [1.82, 2.24) is 0 Å². The molecular weight excluding hydrogens is 263 g/mol. The third-order valence-electron chi connectivity index (χ3n) is 2.87. The summed E-state index contributed by atoms with van der Waals surface area (Å²) in [4.78, 5) is 10.9. The molecule has 0 amide bonds. The predicted octanol–water partition coefficient (Wildman–Crippen LogP) is 3.06. The van der Waals surface area contributed by atoms with Gasteiger partial charge >= 0.3 is 5.97 Å². The molecule has 1 saturated carbocycles. The first-order valence-corrected chi connectivity index (χ1v) is 6.07. The zero-order chi connectivity index (χ0) is 12.6. The van der Waals surface area contributed by atoms with Crippen LogP contribution < -0.4 is 4.74 Å². The second-order valence-electron chi connectivity index (χ2n) is 3.97. The van der Waals surface area contributed by atoms with Gasteiger partial charge in [-0.15, -0.1) is 0 Å². The van der Waals surface area contributed by atoms with Crippen LogP contribution in [-0.4, -0.2) is 22.0 Å². The lowest BCUT2D eigenvalue weighted by Crippen LogP contribution is -2.03. The second-order valence-corrected chi connectivity index (χ2v) is 5.41. The van der Waals surface area contributed by atoms with Crippen molar-refractivity contribution >= 4 is 29.2 Å². The van der Waals surface area contributed by atoms with Gasteiger partial charge in [0.2, 0.25) is 0 Å². The van der Waals surface area contributed by atoms with Gasteiger partial charge in [0.15, 0.2) is 0 Å². The topological polar surface area (TPSA) is 46.5 Å². The molecule has 1 fully saturated rings. The van der Waals surface area contributed by atoms with E-state index in [1.165, 1.54) is 0 Å². The van der Waals surface area contributed by atoms with Crippen molar-refractivity contribution in [2.75, 3.05) is 6.61 Å². The number of rotatable bonds is 4. The van der Waals surface area contributed by atoms with Gasteiger partial charge in [0, 0.05) is 5.92 Å². The number of hydrogen-bond donors (Lipinski definition) is 1. The largest absolute Gasteiger partial charge is 0.494 e. The molecule has 17 heavy (non-hydrogen) atoms. The van der Waals surface area contributed by atoms with Crippen LogP contribution in [-0.2, 0) is 4.79 Å². The van der Waals surface area contributed by atoms with Crippen molar-refractivity contribution in [3.05, 3.63) is 29.8 Å². The molecule has 3 nitrogen and oxygen atoms in total. The average molecular weight is 275 g/mol. The van der Waals surface area contributed by atoms with E-state index in [9.17, 15) is 4.79 Å². The van der Waals surface area contributed by atoms with Crippen molar-refractivity contribution < 1.29 is 14.6 Å². The molecule has 0 radical (unpaired) electrons. The van der Waals surface area contributed by atoms with Gasteiger partial charge in [-0.2, -0.15) is 0 Å². The molecule has 1 N–H and O–H groups in total. The third kappa shape index (κ3) is 2.22. The molecule has 0 unspecified atom stereocenters. The first kappa shape index (κ1) is 12.5. The fourth-order valence-electron chi connectivity index (χ4n) is 1.99. The summed E-state index contributed by atoms with van der Waals surface area (Å²) in [7, 11) is 0. The summed E-state index contributed by atoms with van der Waals surface area (Å²) in [6.07, 6.45) is 0. The van der Waals surface area contributed by atoms with E-state index in [-0.39, 0.29) is 5.92 Å². The average Bonchev–Trinajstić information content (AvgIpc) is 2.83. The van der Waals surface area contributed by atoms with Gasteiger partial charge in [-0.3, -0.25) is 4.79 Å². The monoisotopic (exact) mass is 274 g/mol. The van der Waals surface area contributed by atoms with Crippen molar-refractivity contribution in [1.29, 1.82) is 0 Å². The molecule has 1 aromatic rings. The van der Waals surface area contributed by atoms with Crippen molar-refractivity contribution in [3.8, 4) is 5.75 Å². The summed E-state index contributed by atoms with van der Waals surface area (Å²) < 4.78 is 4.11. The Morgan fingerprint density at radius 1 is 1.41 bits per heavy atom. The number of ether oxygens (including phenoxy) is 1. The zero-order valence-electron chi connectivity index (χ0n) is 9.19. The summed E-state index contributed by atoms with van der Waals surface area (Å²) >= 11 is 11.9. The van der Waals surface area contributed by atoms with Crippen LogP contribution in [0.15, 0.2) is 24.3 Å². The molecule has 1 aromatic carbocycles. The molecule has 0 spiro atoms. The van der Waals surface area contributed by atoms with Gasteiger partial charge in [-0.1, -0.05) is 35.3 Å². The number of benzene rings is 1. The lowest BCUT2D eigenvalue weighted by molar-refractivity contribution is -0.138. The molecule has 0 saturated heterocycles. The number of halogens is 2. The number of carboxylic acid groups (broad SMARTS) is 1. The number of hydrogen-bond acceptors (Lipinski definition) is 2. The van der Waals surface area contributed by atoms with Crippen LogP contribution in [0, 0.1) is 5.92 Å². The Morgan fingerprint density at radius 3 is 2.41 bits per heavy atom. The highest BCUT2D eigenvalue weighted by molar-refractivity contribution is 6.53. The molecule has 1 aliphatic rings. The summed E-state index contributed by atoms with van der Waals surface area (Å²) in [5, 5.41) is 8.97. The number of carbonyl (C=O) groups is 1.